The highest BCUT2D eigenvalue weighted by atomic mass is 16.5. The lowest BCUT2D eigenvalue weighted by Crippen LogP contribution is -2.33. The first-order valence-corrected chi connectivity index (χ1v) is 8.03. The molecular formula is C16H25N5O. The highest BCUT2D eigenvalue weighted by Gasteiger charge is 2.32. The van der Waals surface area contributed by atoms with Crippen LogP contribution in [-0.2, 0) is 18.3 Å². The summed E-state index contributed by atoms with van der Waals surface area (Å²) in [6, 6.07) is 2.43. The summed E-state index contributed by atoms with van der Waals surface area (Å²) in [4.78, 5) is 4.44. The average molecular weight is 303 g/mol. The Balaban J connectivity index is 1.47. The van der Waals surface area contributed by atoms with E-state index in [1.807, 2.05) is 42.6 Å². The molecule has 0 bridgehead atoms. The molecule has 1 unspecified atom stereocenters. The minimum atomic E-state index is 0.116. The first-order valence-electron chi connectivity index (χ1n) is 8.03. The highest BCUT2D eigenvalue weighted by molar-refractivity contribution is 5.00. The zero-order valence-electron chi connectivity index (χ0n) is 13.4. The normalized spacial score (nSPS) is 23.0. The molecule has 3 heterocycles. The van der Waals surface area contributed by atoms with Crippen LogP contribution in [-0.4, -0.2) is 38.5 Å². The van der Waals surface area contributed by atoms with E-state index in [9.17, 15) is 0 Å². The van der Waals surface area contributed by atoms with Gasteiger partial charge in [-0.05, 0) is 25.8 Å². The van der Waals surface area contributed by atoms with Crippen molar-refractivity contribution >= 4 is 0 Å². The van der Waals surface area contributed by atoms with Gasteiger partial charge in [-0.1, -0.05) is 0 Å². The second-order valence-electron chi connectivity index (χ2n) is 6.10. The van der Waals surface area contributed by atoms with Crippen LogP contribution in [0.25, 0.3) is 0 Å². The van der Waals surface area contributed by atoms with E-state index in [4.69, 9.17) is 4.74 Å². The number of imidazole rings is 1. The third-order valence-electron chi connectivity index (χ3n) is 4.41. The lowest BCUT2D eigenvalue weighted by atomic mass is 10.0. The molecule has 1 saturated heterocycles. The smallest absolute Gasteiger partial charge is 0.137 e. The maximum Gasteiger partial charge on any atom is 0.137 e. The van der Waals surface area contributed by atoms with Crippen molar-refractivity contribution in [2.45, 2.75) is 38.5 Å². The Kier molecular flexibility index (Phi) is 4.90. The lowest BCUT2D eigenvalue weighted by Gasteiger charge is -2.21. The van der Waals surface area contributed by atoms with Crippen LogP contribution in [0.15, 0.2) is 30.9 Å². The second-order valence-corrected chi connectivity index (χ2v) is 6.10. The lowest BCUT2D eigenvalue weighted by molar-refractivity contribution is 0.0805. The van der Waals surface area contributed by atoms with Crippen LogP contribution in [0, 0.1) is 5.92 Å². The summed E-state index contributed by atoms with van der Waals surface area (Å²) in [5, 5.41) is 7.88. The number of aryl methyl sites for hydroxylation is 2. The molecule has 0 aromatic carbocycles. The largest absolute Gasteiger partial charge is 0.370 e. The van der Waals surface area contributed by atoms with Crippen LogP contribution >= 0.6 is 0 Å². The predicted molar refractivity (Wildman–Crippen MR) is 84.3 cm³/mol. The first-order chi connectivity index (χ1) is 10.7. The van der Waals surface area contributed by atoms with Gasteiger partial charge in [-0.3, -0.25) is 4.68 Å². The summed E-state index contributed by atoms with van der Waals surface area (Å²) in [6.07, 6.45) is 9.94. The molecule has 3 atom stereocenters. The zero-order valence-corrected chi connectivity index (χ0v) is 13.4. The van der Waals surface area contributed by atoms with Gasteiger partial charge in [0.2, 0.25) is 0 Å². The van der Waals surface area contributed by atoms with Crippen LogP contribution in [0.2, 0.25) is 0 Å². The van der Waals surface area contributed by atoms with Gasteiger partial charge in [-0.15, -0.1) is 0 Å². The Bertz CT molecular complexity index is 565. The molecule has 3 rings (SSSR count). The summed E-state index contributed by atoms with van der Waals surface area (Å²) < 4.78 is 9.94. The van der Waals surface area contributed by atoms with E-state index < -0.39 is 0 Å². The Morgan fingerprint density at radius 3 is 3.05 bits per heavy atom. The van der Waals surface area contributed by atoms with Crippen molar-refractivity contribution in [1.29, 1.82) is 0 Å². The molecular weight excluding hydrogens is 278 g/mol. The Hall–Kier alpha value is -1.66. The van der Waals surface area contributed by atoms with Crippen molar-refractivity contribution in [3.63, 3.8) is 0 Å². The fourth-order valence-corrected chi connectivity index (χ4v) is 2.99. The fraction of sp³-hybridized carbons (Fsp3) is 0.625. The van der Waals surface area contributed by atoms with Gasteiger partial charge >= 0.3 is 0 Å². The fourth-order valence-electron chi connectivity index (χ4n) is 2.99. The van der Waals surface area contributed by atoms with Crippen LogP contribution in [0.3, 0.4) is 0 Å². The molecule has 6 heteroatoms. The van der Waals surface area contributed by atoms with Crippen molar-refractivity contribution in [1.82, 2.24) is 24.6 Å². The molecule has 22 heavy (non-hydrogen) atoms. The van der Waals surface area contributed by atoms with E-state index in [2.05, 4.69) is 26.9 Å². The van der Waals surface area contributed by atoms with Crippen molar-refractivity contribution in [3.8, 4) is 0 Å². The number of aromatic nitrogens is 4. The van der Waals surface area contributed by atoms with E-state index in [0.717, 1.165) is 38.4 Å². The number of hydrogen-bond acceptors (Lipinski definition) is 4. The van der Waals surface area contributed by atoms with Crippen molar-refractivity contribution in [2.24, 2.45) is 13.0 Å². The van der Waals surface area contributed by atoms with Gasteiger partial charge < -0.3 is 14.6 Å². The van der Waals surface area contributed by atoms with E-state index in [0.29, 0.717) is 12.0 Å². The molecule has 2 aromatic heterocycles. The van der Waals surface area contributed by atoms with E-state index >= 15 is 0 Å². The minimum absolute atomic E-state index is 0.116. The monoisotopic (exact) mass is 303 g/mol. The Morgan fingerprint density at radius 1 is 1.41 bits per heavy atom. The third kappa shape index (κ3) is 3.56. The Labute approximate surface area is 131 Å². The molecule has 1 aliphatic rings. The van der Waals surface area contributed by atoms with Crippen LogP contribution in [0.1, 0.15) is 31.7 Å². The molecule has 120 valence electrons. The third-order valence-corrected chi connectivity index (χ3v) is 4.41. The molecule has 1 aliphatic heterocycles. The standard InChI is InChI=1S/C16H25N5O/c1-13(4-9-21-8-3-6-19-21)18-12-14-5-11-22-15(14)16-17-7-10-20(16)2/h3,6-8,10,13-15,18H,4-5,9,11-12H2,1-2H3/t13?,14-,15+/m0/s1. The molecule has 0 spiro atoms. The number of hydrogen-bond donors (Lipinski definition) is 1. The summed E-state index contributed by atoms with van der Waals surface area (Å²) in [5.41, 5.74) is 0. The maximum absolute atomic E-state index is 5.90. The first kappa shape index (κ1) is 15.2. The molecule has 1 fully saturated rings. The molecule has 1 N–H and O–H groups in total. The zero-order chi connectivity index (χ0) is 15.4. The summed E-state index contributed by atoms with van der Waals surface area (Å²) in [6.45, 7) is 4.98. The van der Waals surface area contributed by atoms with Gasteiger partial charge in [-0.2, -0.15) is 5.10 Å². The van der Waals surface area contributed by atoms with E-state index in [-0.39, 0.29) is 6.10 Å². The summed E-state index contributed by atoms with van der Waals surface area (Å²) in [5.74, 6) is 1.53. The molecule has 0 amide bonds. The van der Waals surface area contributed by atoms with Crippen molar-refractivity contribution in [3.05, 3.63) is 36.7 Å². The molecule has 0 radical (unpaired) electrons. The van der Waals surface area contributed by atoms with Crippen molar-refractivity contribution < 1.29 is 4.74 Å². The van der Waals surface area contributed by atoms with Gasteiger partial charge in [0.15, 0.2) is 0 Å². The quantitative estimate of drug-likeness (QED) is 0.847. The molecule has 0 aliphatic carbocycles. The summed E-state index contributed by atoms with van der Waals surface area (Å²) in [7, 11) is 2.03. The van der Waals surface area contributed by atoms with Gasteiger partial charge in [0, 0.05) is 63.5 Å². The van der Waals surface area contributed by atoms with Gasteiger partial charge in [0.05, 0.1) is 0 Å². The molecule has 6 nitrogen and oxygen atoms in total. The number of nitrogens with zero attached hydrogens (tertiary/aromatic N) is 4. The SMILES string of the molecule is CC(CCn1cccn1)NC[C@@H]1CCO[C@H]1c1nccn1C. The Morgan fingerprint density at radius 2 is 2.32 bits per heavy atom. The predicted octanol–water partition coefficient (Wildman–Crippen LogP) is 1.76. The van der Waals surface area contributed by atoms with E-state index in [1.165, 1.54) is 0 Å². The van der Waals surface area contributed by atoms with Gasteiger partial charge in [0.25, 0.3) is 0 Å². The number of rotatable bonds is 7. The van der Waals surface area contributed by atoms with Crippen LogP contribution < -0.4 is 5.32 Å². The van der Waals surface area contributed by atoms with Gasteiger partial charge in [0.1, 0.15) is 11.9 Å². The second kappa shape index (κ2) is 7.07. The van der Waals surface area contributed by atoms with Crippen LogP contribution in [0.5, 0.6) is 0 Å². The molecule has 0 saturated carbocycles. The summed E-state index contributed by atoms with van der Waals surface area (Å²) >= 11 is 0. The van der Waals surface area contributed by atoms with Gasteiger partial charge in [-0.25, -0.2) is 4.98 Å². The highest BCUT2D eigenvalue weighted by Crippen LogP contribution is 2.32. The topological polar surface area (TPSA) is 56.9 Å². The molecule has 2 aromatic rings. The minimum Gasteiger partial charge on any atom is -0.370 e. The van der Waals surface area contributed by atoms with Crippen molar-refractivity contribution in [2.75, 3.05) is 13.2 Å². The van der Waals surface area contributed by atoms with Crippen LogP contribution in [0.4, 0.5) is 0 Å². The maximum atomic E-state index is 5.90. The number of nitrogens with one attached hydrogen (secondary N) is 1. The average Bonchev–Trinajstić information content (AvgIpc) is 3.24. The van der Waals surface area contributed by atoms with E-state index in [1.54, 1.807) is 0 Å². The number of ether oxygens (including phenoxy) is 1.